The van der Waals surface area contributed by atoms with Gasteiger partial charge in [0.2, 0.25) is 0 Å². The summed E-state index contributed by atoms with van der Waals surface area (Å²) >= 11 is 1.74. The molecule has 26 heavy (non-hydrogen) atoms. The monoisotopic (exact) mass is 372 g/mol. The topological polar surface area (TPSA) is 66.0 Å². The molecule has 1 aromatic carbocycles. The van der Waals surface area contributed by atoms with Crippen molar-refractivity contribution in [3.05, 3.63) is 42.5 Å². The molecule has 4 nitrogen and oxygen atoms in total. The largest absolute Gasteiger partial charge is 0.353 e. The van der Waals surface area contributed by atoms with Crippen LogP contribution in [-0.2, 0) is 9.47 Å². The Hall–Kier alpha value is -1.79. The Morgan fingerprint density at radius 1 is 1.08 bits per heavy atom. The van der Waals surface area contributed by atoms with Gasteiger partial charge in [-0.15, -0.1) is 24.9 Å². The fourth-order valence-corrected chi connectivity index (χ4v) is 3.56. The number of ether oxygens (including phenoxy) is 2. The maximum absolute atomic E-state index is 9.03. The summed E-state index contributed by atoms with van der Waals surface area (Å²) in [6.07, 6.45) is 8.02. The van der Waals surface area contributed by atoms with Gasteiger partial charge in [-0.1, -0.05) is 12.8 Å². The van der Waals surface area contributed by atoms with Crippen LogP contribution in [0.1, 0.15) is 56.1 Å². The summed E-state index contributed by atoms with van der Waals surface area (Å²) in [6, 6.07) is 9.57. The van der Waals surface area contributed by atoms with Crippen molar-refractivity contribution in [3.8, 4) is 12.1 Å². The molecule has 1 aliphatic rings. The number of thioether (sulfide) groups is 1. The predicted octanol–water partition coefficient (Wildman–Crippen LogP) is 5.43. The third-order valence-corrected chi connectivity index (χ3v) is 5.06. The van der Waals surface area contributed by atoms with Gasteiger partial charge in [-0.05, 0) is 56.1 Å². The molecular weight excluding hydrogens is 344 g/mol. The van der Waals surface area contributed by atoms with Crippen molar-refractivity contribution >= 4 is 11.8 Å². The van der Waals surface area contributed by atoms with Gasteiger partial charge in [0, 0.05) is 18.1 Å². The van der Waals surface area contributed by atoms with Gasteiger partial charge in [0.25, 0.3) is 0 Å². The average molecular weight is 373 g/mol. The normalized spacial score (nSPS) is 16.0. The molecule has 1 aromatic rings. The second-order valence-electron chi connectivity index (χ2n) is 5.86. The minimum atomic E-state index is 0.0278. The Bertz CT molecular complexity index is 601. The van der Waals surface area contributed by atoms with Crippen molar-refractivity contribution in [1.82, 2.24) is 0 Å². The van der Waals surface area contributed by atoms with Crippen LogP contribution in [0.25, 0.3) is 0 Å². The van der Waals surface area contributed by atoms with E-state index in [9.17, 15) is 0 Å². The van der Waals surface area contributed by atoms with Gasteiger partial charge in [-0.3, -0.25) is 0 Å². The van der Waals surface area contributed by atoms with Gasteiger partial charge < -0.3 is 9.47 Å². The second kappa shape index (κ2) is 14.4. The van der Waals surface area contributed by atoms with Gasteiger partial charge in [-0.25, -0.2) is 0 Å². The molecule has 0 aromatic heterocycles. The minimum Gasteiger partial charge on any atom is -0.353 e. The van der Waals surface area contributed by atoms with Crippen LogP contribution in [0.5, 0.6) is 0 Å². The molecule has 140 valence electrons. The van der Waals surface area contributed by atoms with Crippen LogP contribution in [0.2, 0.25) is 0 Å². The maximum Gasteiger partial charge on any atom is 0.157 e. The van der Waals surface area contributed by atoms with Crippen LogP contribution in [0.4, 0.5) is 0 Å². The van der Waals surface area contributed by atoms with E-state index in [-0.39, 0.29) is 6.29 Å². The number of benzene rings is 1. The van der Waals surface area contributed by atoms with Gasteiger partial charge in [0.15, 0.2) is 6.29 Å². The summed E-state index contributed by atoms with van der Waals surface area (Å²) < 4.78 is 11.3. The van der Waals surface area contributed by atoms with Crippen molar-refractivity contribution in [2.45, 2.75) is 56.1 Å². The molecule has 0 radical (unpaired) electrons. The summed E-state index contributed by atoms with van der Waals surface area (Å²) in [4.78, 5) is 1.06. The summed E-state index contributed by atoms with van der Waals surface area (Å²) in [5, 5.41) is 17.9. The zero-order valence-corrected chi connectivity index (χ0v) is 16.2. The molecule has 1 atom stereocenters. The lowest BCUT2D eigenvalue weighted by Gasteiger charge is -2.22. The van der Waals surface area contributed by atoms with Gasteiger partial charge in [0.05, 0.1) is 11.1 Å². The fraction of sp³-hybridized carbons (Fsp3) is 0.524. The highest BCUT2D eigenvalue weighted by Crippen LogP contribution is 2.22. The number of hydrogen-bond acceptors (Lipinski definition) is 5. The number of rotatable bonds is 9. The first-order chi connectivity index (χ1) is 12.8. The van der Waals surface area contributed by atoms with E-state index in [4.69, 9.17) is 20.0 Å². The smallest absolute Gasteiger partial charge is 0.157 e. The lowest BCUT2D eigenvalue weighted by molar-refractivity contribution is -0.162. The Kier molecular flexibility index (Phi) is 12.3. The molecule has 0 amide bonds. The molecule has 0 N–H and O–H groups in total. The zero-order valence-electron chi connectivity index (χ0n) is 15.4. The molecule has 1 saturated heterocycles. The van der Waals surface area contributed by atoms with Crippen molar-refractivity contribution in [3.63, 3.8) is 0 Å². The molecule has 1 aliphatic heterocycles. The van der Waals surface area contributed by atoms with Crippen molar-refractivity contribution in [2.24, 2.45) is 0 Å². The Balaban J connectivity index is 0.00000163. The van der Waals surface area contributed by atoms with E-state index in [1.807, 2.05) is 12.1 Å². The molecule has 1 unspecified atom stereocenters. The highest BCUT2D eigenvalue weighted by Gasteiger charge is 2.13. The van der Waals surface area contributed by atoms with Gasteiger partial charge >= 0.3 is 0 Å². The van der Waals surface area contributed by atoms with Crippen LogP contribution in [0, 0.1) is 22.7 Å². The first-order valence-corrected chi connectivity index (χ1v) is 10.1. The van der Waals surface area contributed by atoms with Crippen molar-refractivity contribution < 1.29 is 9.47 Å². The number of nitrogens with zero attached hydrogens (tertiary/aromatic N) is 2. The third-order valence-electron chi connectivity index (χ3n) is 3.98. The van der Waals surface area contributed by atoms with Crippen molar-refractivity contribution in [1.29, 1.82) is 10.5 Å². The highest BCUT2D eigenvalue weighted by molar-refractivity contribution is 7.99. The highest BCUT2D eigenvalue weighted by atomic mass is 32.2. The van der Waals surface area contributed by atoms with E-state index in [1.165, 1.54) is 19.3 Å². The van der Waals surface area contributed by atoms with Crippen LogP contribution < -0.4 is 0 Å². The zero-order chi connectivity index (χ0) is 19.0. The molecule has 0 bridgehead atoms. The molecule has 5 heteroatoms. The van der Waals surface area contributed by atoms with E-state index >= 15 is 0 Å². The average Bonchev–Trinajstić information content (AvgIpc) is 2.72. The number of unbranched alkanes of at least 4 members (excludes halogenated alkanes) is 3. The third kappa shape index (κ3) is 8.54. The van der Waals surface area contributed by atoms with Crippen molar-refractivity contribution in [2.75, 3.05) is 19.0 Å². The van der Waals surface area contributed by atoms with Crippen LogP contribution in [0.15, 0.2) is 36.3 Å². The Labute approximate surface area is 161 Å². The van der Waals surface area contributed by atoms with E-state index in [0.29, 0.717) is 11.1 Å². The molecule has 2 rings (SSSR count). The lowest BCUT2D eigenvalue weighted by atomic mass is 10.1. The summed E-state index contributed by atoms with van der Waals surface area (Å²) in [5.74, 6) is 1.03. The quantitative estimate of drug-likeness (QED) is 0.328. The molecule has 0 spiro atoms. The molecule has 1 fully saturated rings. The molecule has 1 heterocycles. The second-order valence-corrected chi connectivity index (χ2v) is 7.03. The Morgan fingerprint density at radius 3 is 2.54 bits per heavy atom. The van der Waals surface area contributed by atoms with Crippen LogP contribution in [-0.4, -0.2) is 25.3 Å². The fourth-order valence-electron chi connectivity index (χ4n) is 2.61. The lowest BCUT2D eigenvalue weighted by Crippen LogP contribution is -2.22. The standard InChI is InChI=1S/C19H24N2O2S.C2H4/c20-14-16-8-9-18(13-17(16)15-21)24-12-6-2-1-4-10-22-19-7-3-5-11-23-19;1-2/h8-9,13,19H,1-7,10-12H2;1-2H2. The van der Waals surface area contributed by atoms with E-state index < -0.39 is 0 Å². The van der Waals surface area contributed by atoms with Crippen LogP contribution >= 0.6 is 11.8 Å². The Morgan fingerprint density at radius 2 is 1.85 bits per heavy atom. The number of nitriles is 2. The molecule has 0 saturated carbocycles. The van der Waals surface area contributed by atoms with E-state index in [1.54, 1.807) is 23.9 Å². The van der Waals surface area contributed by atoms with Crippen LogP contribution in [0.3, 0.4) is 0 Å². The minimum absolute atomic E-state index is 0.0278. The summed E-state index contributed by atoms with van der Waals surface area (Å²) in [5.41, 5.74) is 0.911. The first kappa shape index (κ1) is 22.3. The SMILES string of the molecule is C=C.N#Cc1ccc(SCCCCCCOC2CCCCO2)cc1C#N. The maximum atomic E-state index is 9.03. The molecular formula is C21H28N2O2S. The van der Waals surface area contributed by atoms with Gasteiger partial charge in [-0.2, -0.15) is 10.5 Å². The van der Waals surface area contributed by atoms with E-state index in [2.05, 4.69) is 19.2 Å². The van der Waals surface area contributed by atoms with Gasteiger partial charge in [0.1, 0.15) is 12.1 Å². The predicted molar refractivity (Wildman–Crippen MR) is 106 cm³/mol. The summed E-state index contributed by atoms with van der Waals surface area (Å²) in [7, 11) is 0. The molecule has 0 aliphatic carbocycles. The number of hydrogen-bond donors (Lipinski definition) is 0. The summed E-state index contributed by atoms with van der Waals surface area (Å²) in [6.45, 7) is 7.63. The van der Waals surface area contributed by atoms with E-state index in [0.717, 1.165) is 49.5 Å². The first-order valence-electron chi connectivity index (χ1n) is 9.14.